The molecule has 9 heteroatoms. The second-order valence-corrected chi connectivity index (χ2v) is 8.34. The number of hydrogen-bond donors (Lipinski definition) is 2. The molecule has 1 aliphatic rings. The molecule has 0 unspecified atom stereocenters. The summed E-state index contributed by atoms with van der Waals surface area (Å²) in [6.07, 6.45) is 1.54. The molecule has 0 saturated carbocycles. The minimum Gasteiger partial charge on any atom is -0.326 e. The number of aromatic amines is 1. The SMILES string of the molecule is CC(=O)Nc1ccc(CN2CCc3nc(S(C)(=O)=O)[nH]c(=O)c3C2)cc1. The van der Waals surface area contributed by atoms with Gasteiger partial charge in [0.2, 0.25) is 20.9 Å². The fourth-order valence-electron chi connectivity index (χ4n) is 2.92. The lowest BCUT2D eigenvalue weighted by molar-refractivity contribution is -0.114. The fourth-order valence-corrected chi connectivity index (χ4v) is 3.48. The Hall–Kier alpha value is -2.52. The Morgan fingerprint density at radius 2 is 2.00 bits per heavy atom. The van der Waals surface area contributed by atoms with Crippen LogP contribution in [0.2, 0.25) is 0 Å². The first-order valence-corrected chi connectivity index (χ1v) is 10.0. The van der Waals surface area contributed by atoms with Crippen LogP contribution in [-0.2, 0) is 34.1 Å². The smallest absolute Gasteiger partial charge is 0.256 e. The van der Waals surface area contributed by atoms with Gasteiger partial charge in [-0.3, -0.25) is 19.5 Å². The Balaban J connectivity index is 1.74. The minimum atomic E-state index is -3.54. The minimum absolute atomic E-state index is 0.120. The molecule has 2 aromatic rings. The second kappa shape index (κ2) is 7.00. The predicted molar refractivity (Wildman–Crippen MR) is 96.5 cm³/mol. The molecular weight excluding hydrogens is 356 g/mol. The van der Waals surface area contributed by atoms with E-state index in [4.69, 9.17) is 0 Å². The quantitative estimate of drug-likeness (QED) is 0.760. The second-order valence-electron chi connectivity index (χ2n) is 6.41. The van der Waals surface area contributed by atoms with E-state index in [0.717, 1.165) is 17.5 Å². The highest BCUT2D eigenvalue weighted by Gasteiger charge is 2.23. The number of hydrogen-bond acceptors (Lipinski definition) is 6. The molecule has 0 saturated heterocycles. The topological polar surface area (TPSA) is 112 Å². The molecular formula is C17H20N4O4S. The van der Waals surface area contributed by atoms with Crippen LogP contribution in [-0.4, -0.2) is 42.0 Å². The van der Waals surface area contributed by atoms with E-state index in [1.54, 1.807) is 0 Å². The van der Waals surface area contributed by atoms with Crippen LogP contribution in [0, 0.1) is 0 Å². The highest BCUT2D eigenvalue weighted by atomic mass is 32.2. The van der Waals surface area contributed by atoms with Crippen molar-refractivity contribution in [2.24, 2.45) is 0 Å². The molecule has 2 heterocycles. The summed E-state index contributed by atoms with van der Waals surface area (Å²) in [4.78, 5) is 31.9. The zero-order valence-electron chi connectivity index (χ0n) is 14.6. The van der Waals surface area contributed by atoms with Crippen molar-refractivity contribution < 1.29 is 13.2 Å². The van der Waals surface area contributed by atoms with Gasteiger partial charge in [0.1, 0.15) is 0 Å². The zero-order chi connectivity index (χ0) is 18.9. The van der Waals surface area contributed by atoms with E-state index in [1.807, 2.05) is 24.3 Å². The molecule has 0 aliphatic carbocycles. The van der Waals surface area contributed by atoms with Crippen molar-refractivity contribution in [2.45, 2.75) is 31.6 Å². The molecule has 3 rings (SSSR count). The largest absolute Gasteiger partial charge is 0.326 e. The predicted octanol–water partition coefficient (Wildman–Crippen LogP) is 0.690. The van der Waals surface area contributed by atoms with Crippen LogP contribution in [0.1, 0.15) is 23.7 Å². The van der Waals surface area contributed by atoms with Gasteiger partial charge in [0, 0.05) is 44.9 Å². The number of carbonyl (C=O) groups excluding carboxylic acids is 1. The molecule has 1 aromatic carbocycles. The number of nitrogens with zero attached hydrogens (tertiary/aromatic N) is 2. The van der Waals surface area contributed by atoms with Crippen LogP contribution in [0.3, 0.4) is 0 Å². The number of carbonyl (C=O) groups is 1. The molecule has 1 aliphatic heterocycles. The lowest BCUT2D eigenvalue weighted by Gasteiger charge is -2.27. The molecule has 1 amide bonds. The Kier molecular flexibility index (Phi) is 4.92. The van der Waals surface area contributed by atoms with Crippen molar-refractivity contribution in [3.8, 4) is 0 Å². The lowest BCUT2D eigenvalue weighted by atomic mass is 10.1. The van der Waals surface area contributed by atoms with Crippen LogP contribution in [0.25, 0.3) is 0 Å². The van der Waals surface area contributed by atoms with Crippen molar-refractivity contribution in [2.75, 3.05) is 18.1 Å². The third kappa shape index (κ3) is 4.17. The average Bonchev–Trinajstić information content (AvgIpc) is 2.56. The van der Waals surface area contributed by atoms with Crippen molar-refractivity contribution in [3.05, 3.63) is 51.4 Å². The number of fused-ring (bicyclic) bond motifs is 1. The van der Waals surface area contributed by atoms with Crippen molar-refractivity contribution in [1.82, 2.24) is 14.9 Å². The van der Waals surface area contributed by atoms with Gasteiger partial charge in [-0.15, -0.1) is 0 Å². The molecule has 0 spiro atoms. The van der Waals surface area contributed by atoms with Gasteiger partial charge in [0.05, 0.1) is 11.3 Å². The molecule has 0 atom stereocenters. The van der Waals surface area contributed by atoms with Crippen LogP contribution in [0.4, 0.5) is 5.69 Å². The Bertz CT molecular complexity index is 996. The van der Waals surface area contributed by atoms with Crippen LogP contribution in [0.5, 0.6) is 0 Å². The first-order valence-electron chi connectivity index (χ1n) is 8.13. The number of nitrogens with one attached hydrogen (secondary N) is 2. The fraction of sp³-hybridized carbons (Fsp3) is 0.353. The Labute approximate surface area is 151 Å². The summed E-state index contributed by atoms with van der Waals surface area (Å²) in [7, 11) is -3.54. The van der Waals surface area contributed by atoms with Crippen molar-refractivity contribution >= 4 is 21.4 Å². The molecule has 0 radical (unpaired) electrons. The van der Waals surface area contributed by atoms with Crippen LogP contribution < -0.4 is 10.9 Å². The maximum atomic E-state index is 12.2. The van der Waals surface area contributed by atoms with E-state index in [0.29, 0.717) is 37.3 Å². The van der Waals surface area contributed by atoms with E-state index in [1.165, 1.54) is 6.92 Å². The van der Waals surface area contributed by atoms with Gasteiger partial charge < -0.3 is 5.32 Å². The van der Waals surface area contributed by atoms with Gasteiger partial charge in [-0.1, -0.05) is 12.1 Å². The standard InChI is InChI=1S/C17H20N4O4S/c1-11(22)18-13-5-3-12(4-6-13)9-21-8-7-15-14(10-21)16(23)20-17(19-15)26(2,24)25/h3-6H,7-10H2,1-2H3,(H,18,22)(H,19,20,23). The summed E-state index contributed by atoms with van der Waals surface area (Å²) < 4.78 is 23.2. The van der Waals surface area contributed by atoms with Gasteiger partial charge >= 0.3 is 0 Å². The lowest BCUT2D eigenvalue weighted by Crippen LogP contribution is -2.36. The zero-order valence-corrected chi connectivity index (χ0v) is 15.4. The first-order chi connectivity index (χ1) is 12.2. The number of anilines is 1. The van der Waals surface area contributed by atoms with Gasteiger partial charge in [-0.05, 0) is 17.7 Å². The summed E-state index contributed by atoms with van der Waals surface area (Å²) in [5.74, 6) is -0.120. The number of rotatable bonds is 4. The average molecular weight is 376 g/mol. The van der Waals surface area contributed by atoms with Gasteiger partial charge in [-0.2, -0.15) is 0 Å². The third-order valence-electron chi connectivity index (χ3n) is 4.16. The van der Waals surface area contributed by atoms with E-state index in [-0.39, 0.29) is 11.1 Å². The number of benzene rings is 1. The Morgan fingerprint density at radius 3 is 2.62 bits per heavy atom. The molecule has 26 heavy (non-hydrogen) atoms. The maximum Gasteiger partial charge on any atom is 0.256 e. The maximum absolute atomic E-state index is 12.2. The van der Waals surface area contributed by atoms with Gasteiger partial charge in [0.25, 0.3) is 5.56 Å². The summed E-state index contributed by atoms with van der Waals surface area (Å²) in [5.41, 5.74) is 2.45. The number of H-pyrrole nitrogens is 1. The monoisotopic (exact) mass is 376 g/mol. The summed E-state index contributed by atoms with van der Waals surface area (Å²) in [5, 5.41) is 2.44. The molecule has 0 bridgehead atoms. The summed E-state index contributed by atoms with van der Waals surface area (Å²) in [6, 6.07) is 7.52. The molecule has 8 nitrogen and oxygen atoms in total. The van der Waals surface area contributed by atoms with Crippen LogP contribution >= 0.6 is 0 Å². The van der Waals surface area contributed by atoms with Crippen molar-refractivity contribution in [3.63, 3.8) is 0 Å². The normalized spacial score (nSPS) is 14.7. The van der Waals surface area contributed by atoms with Crippen molar-refractivity contribution in [1.29, 1.82) is 0 Å². The number of amides is 1. The molecule has 1 aromatic heterocycles. The summed E-state index contributed by atoms with van der Waals surface area (Å²) >= 11 is 0. The van der Waals surface area contributed by atoms with Gasteiger partial charge in [-0.25, -0.2) is 13.4 Å². The molecule has 2 N–H and O–H groups in total. The highest BCUT2D eigenvalue weighted by molar-refractivity contribution is 7.90. The number of aromatic nitrogens is 2. The van der Waals surface area contributed by atoms with E-state index in [9.17, 15) is 18.0 Å². The first kappa shape index (κ1) is 18.3. The molecule has 138 valence electrons. The third-order valence-corrected chi connectivity index (χ3v) is 5.05. The number of sulfone groups is 1. The summed E-state index contributed by atoms with van der Waals surface area (Å²) in [6.45, 7) is 3.20. The van der Waals surface area contributed by atoms with E-state index < -0.39 is 15.4 Å². The van der Waals surface area contributed by atoms with E-state index in [2.05, 4.69) is 20.2 Å². The molecule has 0 fully saturated rings. The van der Waals surface area contributed by atoms with Crippen LogP contribution in [0.15, 0.2) is 34.2 Å². The van der Waals surface area contributed by atoms with Gasteiger partial charge in [0.15, 0.2) is 0 Å². The Morgan fingerprint density at radius 1 is 1.31 bits per heavy atom. The van der Waals surface area contributed by atoms with E-state index >= 15 is 0 Å². The highest BCUT2D eigenvalue weighted by Crippen LogP contribution is 2.18.